The van der Waals surface area contributed by atoms with Crippen molar-refractivity contribution >= 4 is 33.0 Å². The first-order chi connectivity index (χ1) is 10.0. The number of halogens is 1. The molecule has 3 N–H and O–H groups in total. The number of nitrogens with two attached hydrogens (primary N) is 1. The second-order valence-electron chi connectivity index (χ2n) is 5.56. The molecular formula is C15H18FN3OS. The van der Waals surface area contributed by atoms with E-state index in [1.54, 1.807) is 6.07 Å². The van der Waals surface area contributed by atoms with Gasteiger partial charge < -0.3 is 16.0 Å². The number of thiophene rings is 1. The van der Waals surface area contributed by atoms with E-state index in [1.807, 2.05) is 0 Å². The molecule has 21 heavy (non-hydrogen) atoms. The smallest absolute Gasteiger partial charge is 0.263 e. The second kappa shape index (κ2) is 5.61. The van der Waals surface area contributed by atoms with Crippen molar-refractivity contribution in [1.82, 2.24) is 10.2 Å². The fourth-order valence-electron chi connectivity index (χ4n) is 2.79. The predicted octanol–water partition coefficient (Wildman–Crippen LogP) is 2.45. The quantitative estimate of drug-likeness (QED) is 0.896. The summed E-state index contributed by atoms with van der Waals surface area (Å²) in [6, 6.07) is 4.58. The third-order valence-electron chi connectivity index (χ3n) is 3.85. The molecule has 1 fully saturated rings. The number of nitrogen functional groups attached to an aromatic ring is 1. The summed E-state index contributed by atoms with van der Waals surface area (Å²) in [5.41, 5.74) is 6.39. The number of nitrogens with zero attached hydrogens (tertiary/aromatic N) is 1. The number of benzene rings is 1. The molecule has 4 nitrogen and oxygen atoms in total. The monoisotopic (exact) mass is 307 g/mol. The molecular weight excluding hydrogens is 289 g/mol. The van der Waals surface area contributed by atoms with Gasteiger partial charge in [0.05, 0.1) is 5.69 Å². The molecule has 6 heteroatoms. The number of nitrogens with one attached hydrogen (secondary N) is 1. The Kier molecular flexibility index (Phi) is 3.82. The Hall–Kier alpha value is -1.66. The number of anilines is 1. The van der Waals surface area contributed by atoms with Gasteiger partial charge in [-0.15, -0.1) is 11.3 Å². The van der Waals surface area contributed by atoms with Gasteiger partial charge in [-0.05, 0) is 44.6 Å². The largest absolute Gasteiger partial charge is 0.397 e. The first-order valence-electron chi connectivity index (χ1n) is 7.01. The van der Waals surface area contributed by atoms with Crippen LogP contribution >= 0.6 is 11.3 Å². The molecule has 1 atom stereocenters. The Labute approximate surface area is 126 Å². The number of likely N-dealkylation sites (tertiary alicyclic amines) is 1. The fourth-order valence-corrected chi connectivity index (χ4v) is 3.80. The average molecular weight is 307 g/mol. The summed E-state index contributed by atoms with van der Waals surface area (Å²) in [6.45, 7) is 1.92. The standard InChI is InChI=1S/C15H18FN3OS/c1-19-6-2-3-10(8-19)18-15(20)14-13(17)11-7-9(16)4-5-12(11)21-14/h4-5,7,10H,2-3,6,8,17H2,1H3,(H,18,20). The zero-order valence-electron chi connectivity index (χ0n) is 11.9. The summed E-state index contributed by atoms with van der Waals surface area (Å²) in [7, 11) is 2.05. The number of piperidine rings is 1. The van der Waals surface area contributed by atoms with Gasteiger partial charge in [0, 0.05) is 22.7 Å². The lowest BCUT2D eigenvalue weighted by molar-refractivity contribution is 0.0917. The maximum atomic E-state index is 13.3. The molecule has 2 heterocycles. The highest BCUT2D eigenvalue weighted by Gasteiger charge is 2.22. The van der Waals surface area contributed by atoms with Gasteiger partial charge in [-0.1, -0.05) is 0 Å². The first kappa shape index (κ1) is 14.3. The summed E-state index contributed by atoms with van der Waals surface area (Å²) in [5.74, 6) is -0.498. The maximum Gasteiger partial charge on any atom is 0.263 e. The Bertz CT molecular complexity index is 685. The fraction of sp³-hybridized carbons (Fsp3) is 0.400. The average Bonchev–Trinajstić information content (AvgIpc) is 2.76. The summed E-state index contributed by atoms with van der Waals surface area (Å²) >= 11 is 1.31. The van der Waals surface area contributed by atoms with E-state index in [-0.39, 0.29) is 17.8 Å². The zero-order valence-corrected chi connectivity index (χ0v) is 12.7. The molecule has 0 radical (unpaired) electrons. The van der Waals surface area contributed by atoms with Gasteiger partial charge in [0.2, 0.25) is 0 Å². The lowest BCUT2D eigenvalue weighted by Crippen LogP contribution is -2.46. The van der Waals surface area contributed by atoms with Gasteiger partial charge in [0.25, 0.3) is 5.91 Å². The van der Waals surface area contributed by atoms with Crippen molar-refractivity contribution in [1.29, 1.82) is 0 Å². The van der Waals surface area contributed by atoms with E-state index >= 15 is 0 Å². The third-order valence-corrected chi connectivity index (χ3v) is 5.04. The van der Waals surface area contributed by atoms with E-state index < -0.39 is 0 Å². The van der Waals surface area contributed by atoms with Crippen LogP contribution in [0.5, 0.6) is 0 Å². The number of hydrogen-bond acceptors (Lipinski definition) is 4. The molecule has 1 aliphatic heterocycles. The number of amides is 1. The van der Waals surface area contributed by atoms with E-state index in [1.165, 1.54) is 23.5 Å². The molecule has 0 saturated carbocycles. The van der Waals surface area contributed by atoms with Crippen LogP contribution in [0.4, 0.5) is 10.1 Å². The van der Waals surface area contributed by atoms with Crippen LogP contribution in [0.15, 0.2) is 18.2 Å². The van der Waals surface area contributed by atoms with Crippen LogP contribution < -0.4 is 11.1 Å². The van der Waals surface area contributed by atoms with Gasteiger partial charge in [0.1, 0.15) is 10.7 Å². The van der Waals surface area contributed by atoms with Crippen molar-refractivity contribution in [3.63, 3.8) is 0 Å². The molecule has 1 aromatic heterocycles. The van der Waals surface area contributed by atoms with Crippen LogP contribution in [0, 0.1) is 5.82 Å². The minimum Gasteiger partial charge on any atom is -0.397 e. The number of rotatable bonds is 2. The lowest BCUT2D eigenvalue weighted by atomic mass is 10.1. The first-order valence-corrected chi connectivity index (χ1v) is 7.83. The molecule has 3 rings (SSSR count). The van der Waals surface area contributed by atoms with Crippen LogP contribution in [-0.2, 0) is 0 Å². The molecule has 1 aromatic carbocycles. The highest BCUT2D eigenvalue weighted by Crippen LogP contribution is 2.34. The van der Waals surface area contributed by atoms with E-state index in [0.717, 1.165) is 30.6 Å². The summed E-state index contributed by atoms with van der Waals surface area (Å²) in [5, 5.41) is 3.65. The van der Waals surface area contributed by atoms with Crippen molar-refractivity contribution < 1.29 is 9.18 Å². The maximum absolute atomic E-state index is 13.3. The number of likely N-dealkylation sites (N-methyl/N-ethyl adjacent to an activating group) is 1. The van der Waals surface area contributed by atoms with Gasteiger partial charge in [-0.3, -0.25) is 4.79 Å². The SMILES string of the molecule is CN1CCCC(NC(=O)c2sc3ccc(F)cc3c2N)C1. The number of carbonyl (C=O) groups excluding carboxylic acids is 1. The van der Waals surface area contributed by atoms with E-state index in [4.69, 9.17) is 5.73 Å². The van der Waals surface area contributed by atoms with Crippen molar-refractivity contribution in [2.75, 3.05) is 25.9 Å². The zero-order chi connectivity index (χ0) is 15.0. The Balaban J connectivity index is 1.82. The summed E-state index contributed by atoms with van der Waals surface area (Å²) in [6.07, 6.45) is 2.06. The van der Waals surface area contributed by atoms with Crippen LogP contribution in [0.2, 0.25) is 0 Å². The Morgan fingerprint density at radius 3 is 3.10 bits per heavy atom. The highest BCUT2D eigenvalue weighted by atomic mass is 32.1. The molecule has 2 aromatic rings. The van der Waals surface area contributed by atoms with Gasteiger partial charge in [-0.25, -0.2) is 4.39 Å². The van der Waals surface area contributed by atoms with Crippen LogP contribution in [0.1, 0.15) is 22.5 Å². The molecule has 0 spiro atoms. The molecule has 0 aliphatic carbocycles. The molecule has 1 amide bonds. The van der Waals surface area contributed by atoms with Crippen LogP contribution in [-0.4, -0.2) is 37.0 Å². The third kappa shape index (κ3) is 2.87. The minimum absolute atomic E-state index is 0.151. The number of fused-ring (bicyclic) bond motifs is 1. The summed E-state index contributed by atoms with van der Waals surface area (Å²) < 4.78 is 14.1. The predicted molar refractivity (Wildman–Crippen MR) is 84.2 cm³/mol. The lowest BCUT2D eigenvalue weighted by Gasteiger charge is -2.30. The van der Waals surface area contributed by atoms with Crippen molar-refractivity contribution in [2.24, 2.45) is 0 Å². The minimum atomic E-state index is -0.340. The van der Waals surface area contributed by atoms with Gasteiger partial charge in [-0.2, -0.15) is 0 Å². The summed E-state index contributed by atoms with van der Waals surface area (Å²) in [4.78, 5) is 15.1. The van der Waals surface area contributed by atoms with Crippen LogP contribution in [0.25, 0.3) is 10.1 Å². The molecule has 0 bridgehead atoms. The van der Waals surface area contributed by atoms with Gasteiger partial charge >= 0.3 is 0 Å². The van der Waals surface area contributed by atoms with Crippen LogP contribution in [0.3, 0.4) is 0 Å². The van der Waals surface area contributed by atoms with Gasteiger partial charge in [0.15, 0.2) is 0 Å². The highest BCUT2D eigenvalue weighted by molar-refractivity contribution is 7.21. The van der Waals surface area contributed by atoms with Crippen molar-refractivity contribution in [3.8, 4) is 0 Å². The Morgan fingerprint density at radius 2 is 2.33 bits per heavy atom. The normalized spacial score (nSPS) is 19.8. The molecule has 1 aliphatic rings. The topological polar surface area (TPSA) is 58.4 Å². The van der Waals surface area contributed by atoms with E-state index in [2.05, 4.69) is 17.3 Å². The number of carbonyl (C=O) groups is 1. The molecule has 1 unspecified atom stereocenters. The van der Waals surface area contributed by atoms with E-state index in [9.17, 15) is 9.18 Å². The van der Waals surface area contributed by atoms with Crippen molar-refractivity contribution in [2.45, 2.75) is 18.9 Å². The van der Waals surface area contributed by atoms with Crippen molar-refractivity contribution in [3.05, 3.63) is 28.9 Å². The molecule has 112 valence electrons. The molecule has 1 saturated heterocycles. The number of hydrogen-bond donors (Lipinski definition) is 2. The van der Waals surface area contributed by atoms with E-state index in [0.29, 0.717) is 16.0 Å². The second-order valence-corrected chi connectivity index (χ2v) is 6.61. The Morgan fingerprint density at radius 1 is 1.52 bits per heavy atom.